The van der Waals surface area contributed by atoms with Gasteiger partial charge in [0.2, 0.25) is 0 Å². The lowest BCUT2D eigenvalue weighted by atomic mass is 9.85. The lowest BCUT2D eigenvalue weighted by Crippen LogP contribution is -2.59. The highest BCUT2D eigenvalue weighted by atomic mass is 16.5. The molecular formula is C18H34N2O3. The Balaban J connectivity index is 1.77. The molecule has 2 rings (SSSR count). The lowest BCUT2D eigenvalue weighted by molar-refractivity contribution is -0.146. The van der Waals surface area contributed by atoms with Crippen LogP contribution in [0.3, 0.4) is 0 Å². The van der Waals surface area contributed by atoms with E-state index < -0.39 is 0 Å². The van der Waals surface area contributed by atoms with Crippen molar-refractivity contribution in [3.63, 3.8) is 0 Å². The molecule has 0 unspecified atom stereocenters. The van der Waals surface area contributed by atoms with Crippen molar-refractivity contribution in [2.45, 2.75) is 77.2 Å². The molecular weight excluding hydrogens is 292 g/mol. The summed E-state index contributed by atoms with van der Waals surface area (Å²) in [6.07, 6.45) is 4.60. The van der Waals surface area contributed by atoms with Crippen molar-refractivity contribution < 1.29 is 14.3 Å². The molecule has 1 saturated heterocycles. The summed E-state index contributed by atoms with van der Waals surface area (Å²) in [5, 5.41) is 3.73. The molecule has 1 aliphatic carbocycles. The van der Waals surface area contributed by atoms with Crippen LogP contribution in [0.15, 0.2) is 0 Å². The smallest absolute Gasteiger partial charge is 0.308 e. The molecule has 0 radical (unpaired) electrons. The Morgan fingerprint density at radius 3 is 2.26 bits per heavy atom. The third kappa shape index (κ3) is 5.16. The largest absolute Gasteiger partial charge is 0.469 e. The Morgan fingerprint density at radius 2 is 1.74 bits per heavy atom. The van der Waals surface area contributed by atoms with Crippen molar-refractivity contribution >= 4 is 5.97 Å². The molecule has 134 valence electrons. The maximum absolute atomic E-state index is 11.6. The second-order valence-electron chi connectivity index (χ2n) is 7.93. The highest BCUT2D eigenvalue weighted by Crippen LogP contribution is 2.26. The highest BCUT2D eigenvalue weighted by Gasteiger charge is 2.34. The Bertz CT molecular complexity index is 382. The molecule has 5 nitrogen and oxygen atoms in total. The number of hydrogen-bond acceptors (Lipinski definition) is 5. The maximum atomic E-state index is 11.6. The molecule has 1 saturated carbocycles. The highest BCUT2D eigenvalue weighted by molar-refractivity contribution is 5.72. The van der Waals surface area contributed by atoms with Crippen LogP contribution in [0, 0.1) is 5.92 Å². The first-order valence-corrected chi connectivity index (χ1v) is 9.03. The zero-order valence-electron chi connectivity index (χ0n) is 15.4. The quantitative estimate of drug-likeness (QED) is 0.785. The minimum atomic E-state index is -0.0416. The average Bonchev–Trinajstić information content (AvgIpc) is 2.52. The second-order valence-corrected chi connectivity index (χ2v) is 7.93. The van der Waals surface area contributed by atoms with Gasteiger partial charge < -0.3 is 14.8 Å². The topological polar surface area (TPSA) is 50.8 Å². The standard InChI is InChI=1S/C18H34N2O3/c1-13-10-20(11-14(2)23-13)18(3,4)12-19-16-8-6-15(7-9-16)17(21)22-5/h13-16,19H,6-12H2,1-5H3/t13-,14+,15?,16?. The lowest BCUT2D eigenvalue weighted by Gasteiger charge is -2.46. The number of nitrogens with zero attached hydrogens (tertiary/aromatic N) is 1. The number of carbonyl (C=O) groups is 1. The van der Waals surface area contributed by atoms with E-state index in [1.807, 2.05) is 0 Å². The van der Waals surface area contributed by atoms with Crippen LogP contribution in [0.4, 0.5) is 0 Å². The van der Waals surface area contributed by atoms with E-state index >= 15 is 0 Å². The Labute approximate surface area is 141 Å². The van der Waals surface area contributed by atoms with Crippen LogP contribution in [0.25, 0.3) is 0 Å². The molecule has 2 aliphatic rings. The van der Waals surface area contributed by atoms with Crippen LogP contribution in [0.5, 0.6) is 0 Å². The van der Waals surface area contributed by atoms with Gasteiger partial charge in [-0.25, -0.2) is 0 Å². The van der Waals surface area contributed by atoms with Gasteiger partial charge in [0.25, 0.3) is 0 Å². The van der Waals surface area contributed by atoms with Gasteiger partial charge in [-0.3, -0.25) is 9.69 Å². The third-order valence-corrected chi connectivity index (χ3v) is 5.36. The average molecular weight is 326 g/mol. The van der Waals surface area contributed by atoms with Crippen LogP contribution in [-0.4, -0.2) is 61.4 Å². The Hall–Kier alpha value is -0.650. The normalized spacial score (nSPS) is 33.4. The van der Waals surface area contributed by atoms with Gasteiger partial charge in [-0.05, 0) is 53.4 Å². The van der Waals surface area contributed by atoms with Crippen LogP contribution < -0.4 is 5.32 Å². The molecule has 0 aromatic heterocycles. The summed E-state index contributed by atoms with van der Waals surface area (Å²) >= 11 is 0. The molecule has 0 amide bonds. The van der Waals surface area contributed by atoms with E-state index in [0.29, 0.717) is 18.2 Å². The van der Waals surface area contributed by atoms with E-state index in [4.69, 9.17) is 9.47 Å². The molecule has 1 N–H and O–H groups in total. The number of esters is 1. The van der Waals surface area contributed by atoms with Crippen molar-refractivity contribution in [3.05, 3.63) is 0 Å². The summed E-state index contributed by atoms with van der Waals surface area (Å²) in [7, 11) is 1.49. The summed E-state index contributed by atoms with van der Waals surface area (Å²) in [6, 6.07) is 0.520. The Morgan fingerprint density at radius 1 is 1.17 bits per heavy atom. The molecule has 5 heteroatoms. The van der Waals surface area contributed by atoms with Crippen LogP contribution >= 0.6 is 0 Å². The molecule has 0 spiro atoms. The fourth-order valence-corrected chi connectivity index (χ4v) is 3.88. The summed E-state index contributed by atoms with van der Waals surface area (Å²) in [5.41, 5.74) is 0.117. The number of methoxy groups -OCH3 is 1. The van der Waals surface area contributed by atoms with Crippen LogP contribution in [0.1, 0.15) is 53.4 Å². The monoisotopic (exact) mass is 326 g/mol. The number of nitrogens with one attached hydrogen (secondary N) is 1. The first-order chi connectivity index (χ1) is 10.8. The maximum Gasteiger partial charge on any atom is 0.308 e. The van der Waals surface area contributed by atoms with Crippen molar-refractivity contribution in [1.82, 2.24) is 10.2 Å². The van der Waals surface area contributed by atoms with Crippen molar-refractivity contribution in [3.8, 4) is 0 Å². The summed E-state index contributed by atoms with van der Waals surface area (Å²) in [5.74, 6) is 0.0621. The van der Waals surface area contributed by atoms with Gasteiger partial charge in [0, 0.05) is 31.2 Å². The van der Waals surface area contributed by atoms with E-state index in [2.05, 4.69) is 37.9 Å². The van der Waals surface area contributed by atoms with E-state index in [9.17, 15) is 4.79 Å². The van der Waals surface area contributed by atoms with Crippen molar-refractivity contribution in [1.29, 1.82) is 0 Å². The number of hydrogen-bond donors (Lipinski definition) is 1. The number of carbonyl (C=O) groups excluding carboxylic acids is 1. The summed E-state index contributed by atoms with van der Waals surface area (Å²) < 4.78 is 10.7. The Kier molecular flexibility index (Phi) is 6.46. The predicted octanol–water partition coefficient (Wildman–Crippen LogP) is 2.20. The van der Waals surface area contributed by atoms with Gasteiger partial charge >= 0.3 is 5.97 Å². The molecule has 0 aromatic carbocycles. The zero-order valence-corrected chi connectivity index (χ0v) is 15.4. The van der Waals surface area contributed by atoms with Gasteiger partial charge in [-0.2, -0.15) is 0 Å². The molecule has 2 atom stereocenters. The first kappa shape index (κ1) is 18.7. The SMILES string of the molecule is COC(=O)C1CCC(NCC(C)(C)N2C[C@@H](C)O[C@@H](C)C2)CC1. The number of rotatable bonds is 5. The number of ether oxygens (including phenoxy) is 2. The molecule has 0 aromatic rings. The van der Waals surface area contributed by atoms with Crippen molar-refractivity contribution in [2.24, 2.45) is 5.92 Å². The van der Waals surface area contributed by atoms with Gasteiger partial charge in [-0.1, -0.05) is 0 Å². The van der Waals surface area contributed by atoms with E-state index in [1.54, 1.807) is 0 Å². The first-order valence-electron chi connectivity index (χ1n) is 9.03. The van der Waals surface area contributed by atoms with E-state index in [1.165, 1.54) is 7.11 Å². The third-order valence-electron chi connectivity index (χ3n) is 5.36. The second kappa shape index (κ2) is 7.95. The molecule has 2 fully saturated rings. The van der Waals surface area contributed by atoms with E-state index in [0.717, 1.165) is 45.3 Å². The van der Waals surface area contributed by atoms with Gasteiger partial charge in [0.05, 0.1) is 25.2 Å². The minimum Gasteiger partial charge on any atom is -0.469 e. The van der Waals surface area contributed by atoms with Gasteiger partial charge in [-0.15, -0.1) is 0 Å². The number of morpholine rings is 1. The fourth-order valence-electron chi connectivity index (χ4n) is 3.88. The van der Waals surface area contributed by atoms with Gasteiger partial charge in [0.15, 0.2) is 0 Å². The van der Waals surface area contributed by atoms with Crippen molar-refractivity contribution in [2.75, 3.05) is 26.7 Å². The fraction of sp³-hybridized carbons (Fsp3) is 0.944. The van der Waals surface area contributed by atoms with E-state index in [-0.39, 0.29) is 17.4 Å². The summed E-state index contributed by atoms with van der Waals surface area (Å²) in [4.78, 5) is 14.1. The summed E-state index contributed by atoms with van der Waals surface area (Å²) in [6.45, 7) is 11.9. The molecule has 23 heavy (non-hydrogen) atoms. The predicted molar refractivity (Wildman–Crippen MR) is 91.4 cm³/mol. The minimum absolute atomic E-state index is 0.0416. The van der Waals surface area contributed by atoms with Gasteiger partial charge in [0.1, 0.15) is 0 Å². The molecule has 1 aliphatic heterocycles. The zero-order chi connectivity index (χ0) is 17.0. The molecule has 1 heterocycles. The molecule has 0 bridgehead atoms. The van der Waals surface area contributed by atoms with Crippen LogP contribution in [-0.2, 0) is 14.3 Å². The van der Waals surface area contributed by atoms with Crippen LogP contribution in [0.2, 0.25) is 0 Å².